The number of hydrogen-bond donors (Lipinski definition) is 1. The number of nitro groups is 1. The summed E-state index contributed by atoms with van der Waals surface area (Å²) in [7, 11) is 0. The van der Waals surface area contributed by atoms with E-state index in [-0.39, 0.29) is 5.69 Å². The highest BCUT2D eigenvalue weighted by atomic mass is 32.1. The number of hydrogen-bond acceptors (Lipinski definition) is 6. The van der Waals surface area contributed by atoms with Crippen molar-refractivity contribution in [2.75, 3.05) is 5.43 Å². The monoisotopic (exact) mass is 338 g/mol. The van der Waals surface area contributed by atoms with Gasteiger partial charge in [-0.1, -0.05) is 29.8 Å². The summed E-state index contributed by atoms with van der Waals surface area (Å²) < 4.78 is 0. The molecule has 2 aromatic carbocycles. The Morgan fingerprint density at radius 1 is 1.17 bits per heavy atom. The van der Waals surface area contributed by atoms with Crippen LogP contribution >= 0.6 is 11.3 Å². The fourth-order valence-corrected chi connectivity index (χ4v) is 2.69. The van der Waals surface area contributed by atoms with Crippen molar-refractivity contribution in [1.29, 1.82) is 0 Å². The number of hydrazone groups is 1. The van der Waals surface area contributed by atoms with Crippen LogP contribution in [-0.2, 0) is 0 Å². The first-order valence-electron chi connectivity index (χ1n) is 7.18. The number of nitro benzene ring substituents is 1. The molecule has 1 N–H and O–H groups in total. The Hall–Kier alpha value is -3.06. The molecule has 0 aliphatic heterocycles. The van der Waals surface area contributed by atoms with Gasteiger partial charge in [0, 0.05) is 23.1 Å². The Labute approximate surface area is 142 Å². The van der Waals surface area contributed by atoms with Crippen LogP contribution in [0.15, 0.2) is 59.0 Å². The van der Waals surface area contributed by atoms with E-state index in [9.17, 15) is 10.1 Å². The largest absolute Gasteiger partial charge is 0.269 e. The molecule has 120 valence electrons. The molecule has 0 fully saturated rings. The maximum Gasteiger partial charge on any atom is 0.269 e. The number of aromatic nitrogens is 1. The number of nitrogens with zero attached hydrogens (tertiary/aromatic N) is 3. The minimum Gasteiger partial charge on any atom is -0.258 e. The summed E-state index contributed by atoms with van der Waals surface area (Å²) in [4.78, 5) is 14.7. The SMILES string of the molecule is Cc1ccc(-c2csc(NN=Cc3ccc([N+](=O)[O-])cc3)n2)cc1. The first-order chi connectivity index (χ1) is 11.6. The molecule has 1 heterocycles. The molecule has 0 aliphatic rings. The Bertz CT molecular complexity index is 870. The van der Waals surface area contributed by atoms with E-state index in [0.29, 0.717) is 5.13 Å². The number of benzene rings is 2. The molecule has 24 heavy (non-hydrogen) atoms. The molecule has 0 radical (unpaired) electrons. The molecular weight excluding hydrogens is 324 g/mol. The molecule has 0 amide bonds. The predicted octanol–water partition coefficient (Wildman–Crippen LogP) is 4.47. The fourth-order valence-electron chi connectivity index (χ4n) is 2.03. The van der Waals surface area contributed by atoms with Gasteiger partial charge in [0.1, 0.15) is 0 Å². The zero-order chi connectivity index (χ0) is 16.9. The average Bonchev–Trinajstić information content (AvgIpc) is 3.05. The summed E-state index contributed by atoms with van der Waals surface area (Å²) in [6.07, 6.45) is 1.59. The van der Waals surface area contributed by atoms with Crippen LogP contribution in [0, 0.1) is 17.0 Å². The van der Waals surface area contributed by atoms with Crippen LogP contribution in [0.25, 0.3) is 11.3 Å². The molecule has 3 rings (SSSR count). The Morgan fingerprint density at radius 3 is 2.54 bits per heavy atom. The Balaban J connectivity index is 1.64. The lowest BCUT2D eigenvalue weighted by Gasteiger charge is -1.97. The number of rotatable bonds is 5. The average molecular weight is 338 g/mol. The number of anilines is 1. The van der Waals surface area contributed by atoms with Crippen molar-refractivity contribution < 1.29 is 4.92 Å². The van der Waals surface area contributed by atoms with E-state index in [2.05, 4.69) is 27.6 Å². The van der Waals surface area contributed by atoms with Crippen molar-refractivity contribution in [3.05, 3.63) is 75.2 Å². The van der Waals surface area contributed by atoms with Crippen molar-refractivity contribution in [2.24, 2.45) is 5.10 Å². The van der Waals surface area contributed by atoms with Gasteiger partial charge in [0.15, 0.2) is 0 Å². The zero-order valence-electron chi connectivity index (χ0n) is 12.8. The van der Waals surface area contributed by atoms with E-state index < -0.39 is 4.92 Å². The van der Waals surface area contributed by atoms with E-state index >= 15 is 0 Å². The summed E-state index contributed by atoms with van der Waals surface area (Å²) in [6, 6.07) is 14.3. The van der Waals surface area contributed by atoms with Crippen molar-refractivity contribution in [2.45, 2.75) is 6.92 Å². The van der Waals surface area contributed by atoms with Gasteiger partial charge in [-0.15, -0.1) is 11.3 Å². The van der Waals surface area contributed by atoms with Crippen molar-refractivity contribution in [1.82, 2.24) is 4.98 Å². The first kappa shape index (κ1) is 15.8. The van der Waals surface area contributed by atoms with Gasteiger partial charge in [0.05, 0.1) is 16.8 Å². The van der Waals surface area contributed by atoms with Crippen molar-refractivity contribution in [3.8, 4) is 11.3 Å². The molecule has 0 unspecified atom stereocenters. The van der Waals surface area contributed by atoms with E-state index in [1.165, 1.54) is 29.0 Å². The normalized spacial score (nSPS) is 10.9. The highest BCUT2D eigenvalue weighted by Crippen LogP contribution is 2.25. The van der Waals surface area contributed by atoms with Crippen LogP contribution in [0.5, 0.6) is 0 Å². The van der Waals surface area contributed by atoms with Gasteiger partial charge in [0.25, 0.3) is 5.69 Å². The van der Waals surface area contributed by atoms with Crippen LogP contribution in [0.3, 0.4) is 0 Å². The van der Waals surface area contributed by atoms with Crippen LogP contribution in [-0.4, -0.2) is 16.1 Å². The molecule has 0 saturated heterocycles. The smallest absolute Gasteiger partial charge is 0.258 e. The topological polar surface area (TPSA) is 80.4 Å². The third kappa shape index (κ3) is 3.82. The second kappa shape index (κ2) is 7.01. The van der Waals surface area contributed by atoms with E-state index in [1.807, 2.05) is 24.4 Å². The van der Waals surface area contributed by atoms with Gasteiger partial charge in [-0.3, -0.25) is 15.5 Å². The summed E-state index contributed by atoms with van der Waals surface area (Å²) in [5.41, 5.74) is 6.86. The highest BCUT2D eigenvalue weighted by molar-refractivity contribution is 7.14. The molecule has 0 aliphatic carbocycles. The number of aryl methyl sites for hydroxylation is 1. The molecule has 7 heteroatoms. The van der Waals surface area contributed by atoms with Gasteiger partial charge in [-0.05, 0) is 24.6 Å². The second-order valence-corrected chi connectivity index (χ2v) is 5.98. The third-order valence-corrected chi connectivity index (χ3v) is 4.08. The standard InChI is InChI=1S/C17H14N4O2S/c1-12-2-6-14(7-3-12)16-11-24-17(19-16)20-18-10-13-4-8-15(9-5-13)21(22)23/h2-11H,1H3,(H,19,20). The van der Waals surface area contributed by atoms with Gasteiger partial charge >= 0.3 is 0 Å². The fraction of sp³-hybridized carbons (Fsp3) is 0.0588. The van der Waals surface area contributed by atoms with Crippen LogP contribution in [0.2, 0.25) is 0 Å². The molecule has 0 saturated carbocycles. The minimum atomic E-state index is -0.429. The zero-order valence-corrected chi connectivity index (χ0v) is 13.7. The van der Waals surface area contributed by atoms with Crippen LogP contribution in [0.1, 0.15) is 11.1 Å². The van der Waals surface area contributed by atoms with E-state index in [4.69, 9.17) is 0 Å². The maximum atomic E-state index is 10.6. The lowest BCUT2D eigenvalue weighted by atomic mass is 10.1. The molecule has 0 bridgehead atoms. The first-order valence-corrected chi connectivity index (χ1v) is 8.06. The van der Waals surface area contributed by atoms with Crippen molar-refractivity contribution >= 4 is 28.4 Å². The Morgan fingerprint density at radius 2 is 1.88 bits per heavy atom. The molecule has 1 aromatic heterocycles. The minimum absolute atomic E-state index is 0.0581. The van der Waals surface area contributed by atoms with Gasteiger partial charge in [-0.25, -0.2) is 4.98 Å². The van der Waals surface area contributed by atoms with Gasteiger partial charge < -0.3 is 0 Å². The summed E-state index contributed by atoms with van der Waals surface area (Å²) in [6.45, 7) is 2.05. The molecule has 0 atom stereocenters. The molecule has 3 aromatic rings. The summed E-state index contributed by atoms with van der Waals surface area (Å²) in [5.74, 6) is 0. The van der Waals surface area contributed by atoms with Crippen LogP contribution < -0.4 is 5.43 Å². The Kier molecular flexibility index (Phi) is 4.62. The third-order valence-electron chi connectivity index (χ3n) is 3.33. The number of thiazole rings is 1. The van der Waals surface area contributed by atoms with Crippen LogP contribution in [0.4, 0.5) is 10.8 Å². The summed E-state index contributed by atoms with van der Waals surface area (Å²) in [5, 5.41) is 17.4. The number of nitrogens with one attached hydrogen (secondary N) is 1. The molecule has 6 nitrogen and oxygen atoms in total. The highest BCUT2D eigenvalue weighted by Gasteiger charge is 2.04. The van der Waals surface area contributed by atoms with E-state index in [1.54, 1.807) is 18.3 Å². The molecular formula is C17H14N4O2S. The number of non-ortho nitro benzene ring substituents is 1. The quantitative estimate of drug-likeness (QED) is 0.423. The van der Waals surface area contributed by atoms with Crippen molar-refractivity contribution in [3.63, 3.8) is 0 Å². The maximum absolute atomic E-state index is 10.6. The molecule has 0 spiro atoms. The predicted molar refractivity (Wildman–Crippen MR) is 96.6 cm³/mol. The van der Waals surface area contributed by atoms with E-state index in [0.717, 1.165) is 16.8 Å². The van der Waals surface area contributed by atoms with Gasteiger partial charge in [-0.2, -0.15) is 5.10 Å². The lowest BCUT2D eigenvalue weighted by Crippen LogP contribution is -1.91. The lowest BCUT2D eigenvalue weighted by molar-refractivity contribution is -0.384. The van der Waals surface area contributed by atoms with Gasteiger partial charge in [0.2, 0.25) is 5.13 Å². The summed E-state index contributed by atoms with van der Waals surface area (Å²) >= 11 is 1.46. The second-order valence-electron chi connectivity index (χ2n) is 5.12.